The Hall–Kier alpha value is -1.49. The van der Waals surface area contributed by atoms with Crippen LogP contribution in [0.4, 0.5) is 5.82 Å². The topological polar surface area (TPSA) is 82.0 Å². The van der Waals surface area contributed by atoms with Gasteiger partial charge in [-0.15, -0.1) is 0 Å². The first-order valence-corrected chi connectivity index (χ1v) is 4.54. The standard InChI is InChI=1S/C9H11N3O2/c10-9(6-1-2-6)7-3-4-8(11-5-7)12(13)14/h3-6,9H,1-2,10H2/t9-/m1/s1. The van der Waals surface area contributed by atoms with Crippen molar-refractivity contribution in [3.8, 4) is 0 Å². The highest BCUT2D eigenvalue weighted by Crippen LogP contribution is 2.39. The third-order valence-electron chi connectivity index (χ3n) is 2.47. The van der Waals surface area contributed by atoms with Crippen LogP contribution in [0.15, 0.2) is 18.3 Å². The van der Waals surface area contributed by atoms with Crippen LogP contribution in [0.5, 0.6) is 0 Å². The summed E-state index contributed by atoms with van der Waals surface area (Å²) in [5.74, 6) is 0.412. The molecule has 0 amide bonds. The molecule has 1 heterocycles. The van der Waals surface area contributed by atoms with Crippen LogP contribution >= 0.6 is 0 Å². The zero-order valence-corrected chi connectivity index (χ0v) is 7.59. The van der Waals surface area contributed by atoms with Gasteiger partial charge in [0.1, 0.15) is 6.20 Å². The van der Waals surface area contributed by atoms with Crippen LogP contribution in [-0.2, 0) is 0 Å². The van der Waals surface area contributed by atoms with E-state index in [9.17, 15) is 10.1 Å². The summed E-state index contributed by atoms with van der Waals surface area (Å²) < 4.78 is 0. The number of pyridine rings is 1. The number of nitro groups is 1. The summed E-state index contributed by atoms with van der Waals surface area (Å²) in [6, 6.07) is 3.08. The predicted octanol–water partition coefficient (Wildman–Crippen LogP) is 1.40. The Morgan fingerprint density at radius 3 is 2.71 bits per heavy atom. The molecule has 2 N–H and O–H groups in total. The molecule has 0 saturated heterocycles. The molecular formula is C9H11N3O2. The first-order valence-electron chi connectivity index (χ1n) is 4.54. The summed E-state index contributed by atoms with van der Waals surface area (Å²) in [4.78, 5) is 13.6. The highest BCUT2D eigenvalue weighted by molar-refractivity contribution is 5.25. The minimum Gasteiger partial charge on any atom is -0.358 e. The fraction of sp³-hybridized carbons (Fsp3) is 0.444. The third kappa shape index (κ3) is 1.72. The number of hydrogen-bond donors (Lipinski definition) is 1. The molecule has 74 valence electrons. The molecule has 0 unspecified atom stereocenters. The van der Waals surface area contributed by atoms with Crippen molar-refractivity contribution in [2.45, 2.75) is 18.9 Å². The van der Waals surface area contributed by atoms with Gasteiger partial charge in [0.15, 0.2) is 0 Å². The average Bonchev–Trinajstić information content (AvgIpc) is 3.00. The lowest BCUT2D eigenvalue weighted by Crippen LogP contribution is -2.12. The van der Waals surface area contributed by atoms with E-state index in [0.29, 0.717) is 5.92 Å². The maximum atomic E-state index is 10.3. The lowest BCUT2D eigenvalue weighted by Gasteiger charge is -2.07. The Labute approximate surface area is 81.1 Å². The highest BCUT2D eigenvalue weighted by Gasteiger charge is 2.30. The van der Waals surface area contributed by atoms with Gasteiger partial charge in [-0.3, -0.25) is 0 Å². The van der Waals surface area contributed by atoms with Crippen molar-refractivity contribution >= 4 is 5.82 Å². The normalized spacial score (nSPS) is 17.8. The third-order valence-corrected chi connectivity index (χ3v) is 2.47. The summed E-state index contributed by atoms with van der Waals surface area (Å²) in [6.45, 7) is 0. The van der Waals surface area contributed by atoms with Gasteiger partial charge in [-0.05, 0) is 34.7 Å². The SMILES string of the molecule is N[C@@H](c1ccc([N+](=O)[O-])nc1)C1CC1. The monoisotopic (exact) mass is 193 g/mol. The van der Waals surface area contributed by atoms with E-state index in [1.807, 2.05) is 0 Å². The zero-order chi connectivity index (χ0) is 10.1. The smallest absolute Gasteiger partial charge is 0.358 e. The van der Waals surface area contributed by atoms with Gasteiger partial charge in [0.2, 0.25) is 0 Å². The van der Waals surface area contributed by atoms with Crippen LogP contribution in [-0.4, -0.2) is 9.91 Å². The Morgan fingerprint density at radius 1 is 1.57 bits per heavy atom. The molecule has 0 radical (unpaired) electrons. The second-order valence-electron chi connectivity index (χ2n) is 3.57. The van der Waals surface area contributed by atoms with E-state index in [0.717, 1.165) is 18.4 Å². The van der Waals surface area contributed by atoms with E-state index in [1.165, 1.54) is 12.3 Å². The molecule has 1 fully saturated rings. The molecule has 1 aliphatic carbocycles. The molecule has 1 saturated carbocycles. The first-order chi connectivity index (χ1) is 6.68. The maximum absolute atomic E-state index is 10.3. The number of hydrogen-bond acceptors (Lipinski definition) is 4. The zero-order valence-electron chi connectivity index (χ0n) is 7.59. The van der Waals surface area contributed by atoms with Gasteiger partial charge < -0.3 is 15.8 Å². The molecule has 1 aromatic rings. The van der Waals surface area contributed by atoms with Gasteiger partial charge in [-0.25, -0.2) is 0 Å². The largest absolute Gasteiger partial charge is 0.363 e. The lowest BCUT2D eigenvalue weighted by atomic mass is 10.1. The van der Waals surface area contributed by atoms with Crippen molar-refractivity contribution in [2.24, 2.45) is 11.7 Å². The number of nitrogens with zero attached hydrogens (tertiary/aromatic N) is 2. The van der Waals surface area contributed by atoms with Crippen molar-refractivity contribution < 1.29 is 4.92 Å². The lowest BCUT2D eigenvalue weighted by molar-refractivity contribution is -0.389. The predicted molar refractivity (Wildman–Crippen MR) is 50.5 cm³/mol. The molecular weight excluding hydrogens is 182 g/mol. The Bertz CT molecular complexity index is 346. The van der Waals surface area contributed by atoms with E-state index in [1.54, 1.807) is 6.07 Å². The Balaban J connectivity index is 2.16. The van der Waals surface area contributed by atoms with Crippen molar-refractivity contribution in [1.82, 2.24) is 4.98 Å². The Kier molecular flexibility index (Phi) is 2.17. The van der Waals surface area contributed by atoms with Crippen LogP contribution in [0.25, 0.3) is 0 Å². The van der Waals surface area contributed by atoms with E-state index in [4.69, 9.17) is 5.73 Å². The average molecular weight is 193 g/mol. The maximum Gasteiger partial charge on any atom is 0.363 e. The molecule has 14 heavy (non-hydrogen) atoms. The molecule has 2 rings (SSSR count). The molecule has 5 nitrogen and oxygen atoms in total. The molecule has 0 bridgehead atoms. The molecule has 0 spiro atoms. The van der Waals surface area contributed by atoms with Crippen molar-refractivity contribution in [2.75, 3.05) is 0 Å². The van der Waals surface area contributed by atoms with E-state index in [2.05, 4.69) is 4.98 Å². The number of rotatable bonds is 3. The van der Waals surface area contributed by atoms with Gasteiger partial charge >= 0.3 is 5.82 Å². The van der Waals surface area contributed by atoms with Crippen LogP contribution in [0.1, 0.15) is 24.4 Å². The highest BCUT2D eigenvalue weighted by atomic mass is 16.6. The first kappa shape index (κ1) is 9.08. The molecule has 1 aliphatic rings. The molecule has 5 heteroatoms. The van der Waals surface area contributed by atoms with E-state index in [-0.39, 0.29) is 11.9 Å². The van der Waals surface area contributed by atoms with Crippen molar-refractivity contribution in [3.63, 3.8) is 0 Å². The van der Waals surface area contributed by atoms with Gasteiger partial charge in [-0.1, -0.05) is 0 Å². The van der Waals surface area contributed by atoms with Gasteiger partial charge in [0.05, 0.1) is 0 Å². The van der Waals surface area contributed by atoms with Gasteiger partial charge in [0, 0.05) is 17.7 Å². The summed E-state index contributed by atoms with van der Waals surface area (Å²) in [5.41, 5.74) is 6.80. The van der Waals surface area contributed by atoms with Crippen molar-refractivity contribution in [3.05, 3.63) is 34.0 Å². The minimum atomic E-state index is -0.508. The van der Waals surface area contributed by atoms with Crippen LogP contribution in [0.2, 0.25) is 0 Å². The van der Waals surface area contributed by atoms with Crippen LogP contribution in [0.3, 0.4) is 0 Å². The van der Waals surface area contributed by atoms with Crippen molar-refractivity contribution in [1.29, 1.82) is 0 Å². The summed E-state index contributed by atoms with van der Waals surface area (Å²) >= 11 is 0. The molecule has 1 aromatic heterocycles. The quantitative estimate of drug-likeness (QED) is 0.581. The summed E-state index contributed by atoms with van der Waals surface area (Å²) in [7, 11) is 0. The fourth-order valence-corrected chi connectivity index (χ4v) is 1.43. The minimum absolute atomic E-state index is 0.0108. The fourth-order valence-electron chi connectivity index (χ4n) is 1.43. The molecule has 0 aliphatic heterocycles. The van der Waals surface area contributed by atoms with Crippen LogP contribution in [0, 0.1) is 16.0 Å². The summed E-state index contributed by atoms with van der Waals surface area (Å²) in [5, 5.41) is 10.3. The molecule has 1 atom stereocenters. The Morgan fingerprint density at radius 2 is 2.29 bits per heavy atom. The number of nitrogens with two attached hydrogens (primary N) is 1. The van der Waals surface area contributed by atoms with E-state index < -0.39 is 4.92 Å². The van der Waals surface area contributed by atoms with E-state index >= 15 is 0 Å². The second-order valence-corrected chi connectivity index (χ2v) is 3.57. The van der Waals surface area contributed by atoms with Crippen LogP contribution < -0.4 is 5.73 Å². The number of aromatic nitrogens is 1. The molecule has 0 aromatic carbocycles. The summed E-state index contributed by atoms with van der Waals surface area (Å²) in [6.07, 6.45) is 3.80. The second kappa shape index (κ2) is 3.34. The van der Waals surface area contributed by atoms with Gasteiger partial charge in [-0.2, -0.15) is 0 Å². The van der Waals surface area contributed by atoms with Gasteiger partial charge in [0.25, 0.3) is 0 Å².